The zero-order valence-corrected chi connectivity index (χ0v) is 16.3. The molecule has 0 aliphatic carbocycles. The lowest BCUT2D eigenvalue weighted by Crippen LogP contribution is -2.31. The van der Waals surface area contributed by atoms with Gasteiger partial charge in [-0.3, -0.25) is 14.7 Å². The number of nitrogens with zero attached hydrogens (tertiary/aromatic N) is 3. The van der Waals surface area contributed by atoms with Crippen LogP contribution in [0.2, 0.25) is 0 Å². The number of ether oxygens (including phenoxy) is 1. The number of rotatable bonds is 6. The molecule has 0 fully saturated rings. The zero-order chi connectivity index (χ0) is 18.6. The zero-order valence-electron chi connectivity index (χ0n) is 14.7. The Hall–Kier alpha value is -2.77. The third-order valence-electron chi connectivity index (χ3n) is 4.08. The van der Waals surface area contributed by atoms with Crippen molar-refractivity contribution in [1.29, 1.82) is 0 Å². The summed E-state index contributed by atoms with van der Waals surface area (Å²) < 4.78 is 6.30. The molecule has 5 nitrogen and oxygen atoms in total. The number of thiophene rings is 1. The number of methoxy groups -OCH3 is 1. The smallest absolute Gasteiger partial charge is 0.234 e. The van der Waals surface area contributed by atoms with Crippen molar-refractivity contribution < 1.29 is 9.53 Å². The van der Waals surface area contributed by atoms with E-state index in [2.05, 4.69) is 4.98 Å². The molecule has 0 aliphatic rings. The molecule has 7 heteroatoms. The van der Waals surface area contributed by atoms with Crippen LogP contribution in [0.1, 0.15) is 10.4 Å². The molecule has 136 valence electrons. The number of hydrogen-bond acceptors (Lipinski definition) is 6. The van der Waals surface area contributed by atoms with Gasteiger partial charge in [0.25, 0.3) is 0 Å². The van der Waals surface area contributed by atoms with Gasteiger partial charge in [0, 0.05) is 23.3 Å². The molecule has 0 radical (unpaired) electrons. The first-order chi connectivity index (χ1) is 13.2. The Bertz CT molecular complexity index is 1050. The van der Waals surface area contributed by atoms with E-state index in [0.29, 0.717) is 18.1 Å². The van der Waals surface area contributed by atoms with Crippen molar-refractivity contribution in [2.75, 3.05) is 12.0 Å². The first kappa shape index (κ1) is 17.6. The van der Waals surface area contributed by atoms with Gasteiger partial charge in [-0.15, -0.1) is 11.3 Å². The third-order valence-corrected chi connectivity index (χ3v) is 6.02. The van der Waals surface area contributed by atoms with Gasteiger partial charge in [-0.05, 0) is 35.2 Å². The Morgan fingerprint density at radius 3 is 2.89 bits per heavy atom. The van der Waals surface area contributed by atoms with E-state index in [9.17, 15) is 4.79 Å². The molecule has 1 aromatic carbocycles. The second kappa shape index (κ2) is 7.85. The van der Waals surface area contributed by atoms with Crippen LogP contribution in [0.25, 0.3) is 10.2 Å². The lowest BCUT2D eigenvalue weighted by atomic mass is 10.2. The van der Waals surface area contributed by atoms with E-state index in [-0.39, 0.29) is 5.91 Å². The number of thiazole rings is 1. The van der Waals surface area contributed by atoms with Crippen LogP contribution in [0, 0.1) is 0 Å². The van der Waals surface area contributed by atoms with Gasteiger partial charge in [0.2, 0.25) is 5.91 Å². The number of anilines is 1. The van der Waals surface area contributed by atoms with E-state index in [1.165, 1.54) is 11.3 Å². The minimum atomic E-state index is 0.0207. The number of aromatic nitrogens is 2. The Balaban J connectivity index is 1.69. The third kappa shape index (κ3) is 3.99. The maximum Gasteiger partial charge on any atom is 0.234 e. The van der Waals surface area contributed by atoms with Gasteiger partial charge in [0.1, 0.15) is 5.75 Å². The predicted molar refractivity (Wildman–Crippen MR) is 110 cm³/mol. The number of benzene rings is 1. The topological polar surface area (TPSA) is 55.3 Å². The fraction of sp³-hybridized carbons (Fsp3) is 0.150. The average Bonchev–Trinajstić information content (AvgIpc) is 3.35. The largest absolute Gasteiger partial charge is 0.497 e. The van der Waals surface area contributed by atoms with Crippen LogP contribution in [0.15, 0.2) is 60.2 Å². The monoisotopic (exact) mass is 395 g/mol. The number of amides is 1. The molecule has 27 heavy (non-hydrogen) atoms. The molecule has 0 atom stereocenters. The number of pyridine rings is 1. The molecule has 4 aromatic rings. The van der Waals surface area contributed by atoms with Crippen LogP contribution in [-0.2, 0) is 17.8 Å². The molecule has 0 saturated heterocycles. The Kier molecular flexibility index (Phi) is 5.13. The summed E-state index contributed by atoms with van der Waals surface area (Å²) in [7, 11) is 1.63. The van der Waals surface area contributed by atoms with Crippen molar-refractivity contribution in [3.63, 3.8) is 0 Å². The average molecular weight is 396 g/mol. The van der Waals surface area contributed by atoms with Gasteiger partial charge in [0.05, 0.1) is 30.3 Å². The second-order valence-electron chi connectivity index (χ2n) is 5.93. The van der Waals surface area contributed by atoms with E-state index in [1.807, 2.05) is 47.8 Å². The number of fused-ring (bicyclic) bond motifs is 1. The number of carbonyl (C=O) groups excluding carboxylic acids is 1. The minimum absolute atomic E-state index is 0.0207. The van der Waals surface area contributed by atoms with Gasteiger partial charge in [-0.2, -0.15) is 0 Å². The highest BCUT2D eigenvalue weighted by molar-refractivity contribution is 7.22. The Morgan fingerprint density at radius 1 is 1.22 bits per heavy atom. The summed E-state index contributed by atoms with van der Waals surface area (Å²) in [4.78, 5) is 24.7. The Labute approximate surface area is 164 Å². The van der Waals surface area contributed by atoms with Crippen molar-refractivity contribution in [2.24, 2.45) is 0 Å². The molecule has 0 N–H and O–H groups in total. The first-order valence-corrected chi connectivity index (χ1v) is 10.1. The van der Waals surface area contributed by atoms with E-state index in [4.69, 9.17) is 9.72 Å². The van der Waals surface area contributed by atoms with Gasteiger partial charge in [-0.25, -0.2) is 4.98 Å². The van der Waals surface area contributed by atoms with Crippen molar-refractivity contribution in [1.82, 2.24) is 9.97 Å². The van der Waals surface area contributed by atoms with Crippen molar-refractivity contribution in [2.45, 2.75) is 13.0 Å². The molecule has 0 spiro atoms. The molecular weight excluding hydrogens is 378 g/mol. The first-order valence-electron chi connectivity index (χ1n) is 8.39. The Morgan fingerprint density at radius 2 is 2.15 bits per heavy atom. The van der Waals surface area contributed by atoms with Crippen molar-refractivity contribution in [3.8, 4) is 5.75 Å². The van der Waals surface area contributed by atoms with Gasteiger partial charge in [0.15, 0.2) is 5.13 Å². The quantitative estimate of drug-likeness (QED) is 0.481. The highest BCUT2D eigenvalue weighted by Gasteiger charge is 2.21. The summed E-state index contributed by atoms with van der Waals surface area (Å²) in [5, 5.41) is 2.67. The van der Waals surface area contributed by atoms with Crippen LogP contribution in [0.5, 0.6) is 5.75 Å². The SMILES string of the molecule is COc1ccc2sc(N(Cc3cccnc3)C(=O)Cc3cccs3)nc2c1. The van der Waals surface area contributed by atoms with Crippen molar-refractivity contribution in [3.05, 3.63) is 70.7 Å². The van der Waals surface area contributed by atoms with Gasteiger partial charge < -0.3 is 4.74 Å². The predicted octanol–water partition coefficient (Wildman–Crippen LogP) is 4.54. The lowest BCUT2D eigenvalue weighted by Gasteiger charge is -2.19. The summed E-state index contributed by atoms with van der Waals surface area (Å²) in [6, 6.07) is 13.6. The van der Waals surface area contributed by atoms with E-state index >= 15 is 0 Å². The van der Waals surface area contributed by atoms with E-state index in [0.717, 1.165) is 26.4 Å². The molecule has 0 aliphatic heterocycles. The number of hydrogen-bond donors (Lipinski definition) is 0. The van der Waals surface area contributed by atoms with Crippen LogP contribution >= 0.6 is 22.7 Å². The normalized spacial score (nSPS) is 10.9. The molecule has 0 unspecified atom stereocenters. The maximum absolute atomic E-state index is 13.1. The number of carbonyl (C=O) groups is 1. The van der Waals surface area contributed by atoms with Crippen molar-refractivity contribution >= 4 is 43.9 Å². The van der Waals surface area contributed by atoms with Crippen LogP contribution < -0.4 is 9.64 Å². The van der Waals surface area contributed by atoms with Gasteiger partial charge in [-0.1, -0.05) is 23.5 Å². The second-order valence-corrected chi connectivity index (χ2v) is 7.97. The highest BCUT2D eigenvalue weighted by atomic mass is 32.1. The fourth-order valence-corrected chi connectivity index (χ4v) is 4.39. The summed E-state index contributed by atoms with van der Waals surface area (Å²) >= 11 is 3.09. The summed E-state index contributed by atoms with van der Waals surface area (Å²) in [6.07, 6.45) is 3.87. The lowest BCUT2D eigenvalue weighted by molar-refractivity contribution is -0.118. The minimum Gasteiger partial charge on any atom is -0.497 e. The summed E-state index contributed by atoms with van der Waals surface area (Å²) in [5.74, 6) is 0.774. The molecule has 4 rings (SSSR count). The molecule has 3 aromatic heterocycles. The van der Waals surface area contributed by atoms with Crippen LogP contribution in [0.4, 0.5) is 5.13 Å². The summed E-state index contributed by atoms with van der Waals surface area (Å²) in [6.45, 7) is 0.439. The highest BCUT2D eigenvalue weighted by Crippen LogP contribution is 2.32. The molecule has 3 heterocycles. The van der Waals surface area contributed by atoms with E-state index in [1.54, 1.807) is 35.7 Å². The maximum atomic E-state index is 13.1. The molecule has 1 amide bonds. The molecule has 0 saturated carbocycles. The fourth-order valence-electron chi connectivity index (χ4n) is 2.73. The molecule has 0 bridgehead atoms. The van der Waals surface area contributed by atoms with E-state index < -0.39 is 0 Å². The molecular formula is C20H17N3O2S2. The standard InChI is InChI=1S/C20H17N3O2S2/c1-25-15-6-7-18-17(10-15)22-20(27-18)23(13-14-4-2-8-21-12-14)19(24)11-16-5-3-9-26-16/h2-10,12H,11,13H2,1H3. The van der Waals surface area contributed by atoms with Crippen LogP contribution in [-0.4, -0.2) is 23.0 Å². The van der Waals surface area contributed by atoms with Gasteiger partial charge >= 0.3 is 0 Å². The summed E-state index contributed by atoms with van der Waals surface area (Å²) in [5.41, 5.74) is 1.79. The van der Waals surface area contributed by atoms with Crippen LogP contribution in [0.3, 0.4) is 0 Å².